The molecule has 4 aromatic rings. The van der Waals surface area contributed by atoms with Gasteiger partial charge in [0.25, 0.3) is 11.8 Å². The van der Waals surface area contributed by atoms with Crippen molar-refractivity contribution in [3.05, 3.63) is 82.8 Å². The van der Waals surface area contributed by atoms with E-state index in [0.717, 1.165) is 16.1 Å². The fourth-order valence-electron chi connectivity index (χ4n) is 3.80. The number of nitrogens with two attached hydrogens (primary N) is 2. The SMILES string of the molecule is COC(=O)c1ccc([C@@H](NC(=O)c2cc(C(=O)O)n3nncc3n2)C(N)=O)cc1.Cl.NCc1ccc2c(c1)NC(=O)CO2. The van der Waals surface area contributed by atoms with E-state index in [2.05, 4.69) is 30.7 Å². The molecule has 2 aromatic heterocycles. The lowest BCUT2D eigenvalue weighted by Crippen LogP contribution is -2.38. The first kappa shape index (κ1) is 31.9. The molecular formula is C26H25ClN8O8. The van der Waals surface area contributed by atoms with Crippen LogP contribution in [0, 0.1) is 0 Å². The Bertz CT molecular complexity index is 1690. The maximum absolute atomic E-state index is 12.6. The minimum Gasteiger partial charge on any atom is -0.482 e. The lowest BCUT2D eigenvalue weighted by atomic mass is 10.0. The highest BCUT2D eigenvalue weighted by atomic mass is 35.5. The van der Waals surface area contributed by atoms with Crippen LogP contribution in [-0.2, 0) is 20.9 Å². The van der Waals surface area contributed by atoms with E-state index in [1.54, 1.807) is 0 Å². The molecule has 16 nitrogen and oxygen atoms in total. The molecule has 0 bridgehead atoms. The Balaban J connectivity index is 0.000000302. The van der Waals surface area contributed by atoms with Crippen molar-refractivity contribution in [2.24, 2.45) is 11.5 Å². The first-order chi connectivity index (χ1) is 20.1. The minimum atomic E-state index is -1.35. The van der Waals surface area contributed by atoms with E-state index in [0.29, 0.717) is 23.5 Å². The van der Waals surface area contributed by atoms with Crippen molar-refractivity contribution in [1.29, 1.82) is 0 Å². The summed E-state index contributed by atoms with van der Waals surface area (Å²) in [5.74, 6) is -3.03. The number of carbonyl (C=O) groups excluding carboxylic acids is 4. The van der Waals surface area contributed by atoms with Crippen LogP contribution in [0.25, 0.3) is 5.65 Å². The van der Waals surface area contributed by atoms with E-state index in [9.17, 15) is 29.1 Å². The summed E-state index contributed by atoms with van der Waals surface area (Å²) in [6, 6.07) is 11.0. The lowest BCUT2D eigenvalue weighted by molar-refractivity contribution is -0.120. The first-order valence-electron chi connectivity index (χ1n) is 12.1. The van der Waals surface area contributed by atoms with Crippen LogP contribution in [0.4, 0.5) is 5.69 Å². The molecule has 7 N–H and O–H groups in total. The zero-order chi connectivity index (χ0) is 30.4. The fourth-order valence-corrected chi connectivity index (χ4v) is 3.80. The van der Waals surface area contributed by atoms with Crippen LogP contribution >= 0.6 is 12.4 Å². The predicted molar refractivity (Wildman–Crippen MR) is 151 cm³/mol. The van der Waals surface area contributed by atoms with E-state index in [-0.39, 0.29) is 47.5 Å². The third kappa shape index (κ3) is 7.38. The first-order valence-corrected chi connectivity index (χ1v) is 12.1. The van der Waals surface area contributed by atoms with Gasteiger partial charge in [-0.15, -0.1) is 17.5 Å². The number of rotatable bonds is 7. The van der Waals surface area contributed by atoms with Gasteiger partial charge in [0.2, 0.25) is 5.91 Å². The summed E-state index contributed by atoms with van der Waals surface area (Å²) in [6.45, 7) is 0.554. The van der Waals surface area contributed by atoms with Crippen LogP contribution in [0.15, 0.2) is 54.7 Å². The Kier molecular flexibility index (Phi) is 10.3. The molecule has 1 aliphatic rings. The number of hydrogen-bond acceptors (Lipinski definition) is 11. The molecule has 0 fully saturated rings. The number of carbonyl (C=O) groups is 5. The number of carboxylic acids is 1. The normalized spacial score (nSPS) is 12.2. The molecule has 0 aliphatic carbocycles. The molecule has 0 saturated carbocycles. The van der Waals surface area contributed by atoms with Crippen LogP contribution in [0.2, 0.25) is 0 Å². The number of nitrogens with zero attached hydrogens (tertiary/aromatic N) is 4. The molecule has 0 radical (unpaired) electrons. The maximum atomic E-state index is 12.6. The summed E-state index contributed by atoms with van der Waals surface area (Å²) >= 11 is 0. The zero-order valence-corrected chi connectivity index (χ0v) is 23.2. The van der Waals surface area contributed by atoms with Gasteiger partial charge >= 0.3 is 11.9 Å². The number of hydrogen-bond donors (Lipinski definition) is 5. The Labute approximate surface area is 248 Å². The minimum absolute atomic E-state index is 0. The topological polar surface area (TPSA) is 243 Å². The molecule has 0 spiro atoms. The van der Waals surface area contributed by atoms with E-state index in [4.69, 9.17) is 16.2 Å². The smallest absolute Gasteiger partial charge is 0.354 e. The predicted octanol–water partition coefficient (Wildman–Crippen LogP) is 0.464. The highest BCUT2D eigenvalue weighted by molar-refractivity contribution is 5.99. The number of carboxylic acid groups (broad SMARTS) is 1. The fraction of sp³-hybridized carbons (Fsp3) is 0.154. The number of ether oxygens (including phenoxy) is 2. The highest BCUT2D eigenvalue weighted by Gasteiger charge is 2.24. The molecule has 0 saturated heterocycles. The number of nitrogens with one attached hydrogen (secondary N) is 2. The second-order valence-corrected chi connectivity index (χ2v) is 8.63. The van der Waals surface area contributed by atoms with Crippen molar-refractivity contribution in [2.45, 2.75) is 12.6 Å². The molecule has 2 aromatic carbocycles. The third-order valence-electron chi connectivity index (χ3n) is 5.86. The Hall–Kier alpha value is -5.61. The van der Waals surface area contributed by atoms with Gasteiger partial charge in [0.1, 0.15) is 17.5 Å². The van der Waals surface area contributed by atoms with Gasteiger partial charge in [-0.05, 0) is 35.4 Å². The second kappa shape index (κ2) is 13.8. The van der Waals surface area contributed by atoms with Crippen molar-refractivity contribution >= 4 is 53.4 Å². The zero-order valence-electron chi connectivity index (χ0n) is 22.3. The number of fused-ring (bicyclic) bond motifs is 2. The summed E-state index contributed by atoms with van der Waals surface area (Å²) in [5.41, 5.74) is 12.5. The molecule has 5 rings (SSSR count). The van der Waals surface area contributed by atoms with Gasteiger partial charge in [-0.2, -0.15) is 4.52 Å². The summed E-state index contributed by atoms with van der Waals surface area (Å²) in [4.78, 5) is 62.3. The summed E-state index contributed by atoms with van der Waals surface area (Å²) in [6.07, 6.45) is 1.18. The van der Waals surface area contributed by atoms with Crippen LogP contribution in [0.3, 0.4) is 0 Å². The number of esters is 1. The maximum Gasteiger partial charge on any atom is 0.354 e. The van der Waals surface area contributed by atoms with E-state index in [1.165, 1.54) is 37.6 Å². The lowest BCUT2D eigenvalue weighted by Gasteiger charge is -2.18. The van der Waals surface area contributed by atoms with Crippen molar-refractivity contribution < 1.29 is 38.6 Å². The Morgan fingerprint density at radius 3 is 2.51 bits per heavy atom. The van der Waals surface area contributed by atoms with Crippen LogP contribution in [-0.4, -0.2) is 68.3 Å². The van der Waals surface area contributed by atoms with Crippen LogP contribution in [0.5, 0.6) is 5.75 Å². The van der Waals surface area contributed by atoms with Gasteiger partial charge in [0.05, 0.1) is 24.6 Å². The molecule has 224 valence electrons. The standard InChI is InChI=1S/C17H14N6O6.C9H10N2O2.ClH/c1-29-17(28)9-4-2-8(3-5-9)13(14(18)24)21-15(25)10-6-11(16(26)27)23-12(20-10)7-19-22-23;10-4-6-1-2-8-7(3-6)11-9(12)5-13-8;/h2-7,13H,1H3,(H2,18,24)(H,21,25)(H,26,27);1-3H,4-5,10H2,(H,11,12);1H/t13-;;/m1../s1. The van der Waals surface area contributed by atoms with Gasteiger partial charge < -0.3 is 36.7 Å². The van der Waals surface area contributed by atoms with Crippen molar-refractivity contribution in [2.75, 3.05) is 19.0 Å². The molecule has 3 heterocycles. The van der Waals surface area contributed by atoms with E-state index < -0.39 is 29.8 Å². The summed E-state index contributed by atoms with van der Waals surface area (Å²) < 4.78 is 10.7. The average molecular weight is 613 g/mol. The molecular weight excluding hydrogens is 588 g/mol. The number of methoxy groups -OCH3 is 1. The van der Waals surface area contributed by atoms with Crippen LogP contribution < -0.4 is 26.8 Å². The molecule has 3 amide bonds. The number of amides is 3. The van der Waals surface area contributed by atoms with Gasteiger partial charge in [-0.3, -0.25) is 14.4 Å². The van der Waals surface area contributed by atoms with E-state index in [1.807, 2.05) is 18.2 Å². The molecule has 1 atom stereocenters. The molecule has 1 aliphatic heterocycles. The van der Waals surface area contributed by atoms with Crippen molar-refractivity contribution in [1.82, 2.24) is 25.1 Å². The summed E-state index contributed by atoms with van der Waals surface area (Å²) in [5, 5.41) is 21.5. The third-order valence-corrected chi connectivity index (χ3v) is 5.86. The largest absolute Gasteiger partial charge is 0.482 e. The molecule has 0 unspecified atom stereocenters. The number of halogens is 1. The number of aromatic nitrogens is 4. The number of anilines is 1. The second-order valence-electron chi connectivity index (χ2n) is 8.63. The number of primary amides is 1. The average Bonchev–Trinajstić information content (AvgIpc) is 3.47. The number of aromatic carboxylic acids is 1. The Morgan fingerprint density at radius 2 is 1.88 bits per heavy atom. The van der Waals surface area contributed by atoms with Gasteiger partial charge in [-0.25, -0.2) is 14.6 Å². The molecule has 17 heteroatoms. The van der Waals surface area contributed by atoms with E-state index >= 15 is 0 Å². The summed E-state index contributed by atoms with van der Waals surface area (Å²) in [7, 11) is 1.23. The van der Waals surface area contributed by atoms with Gasteiger partial charge in [0.15, 0.2) is 17.9 Å². The highest BCUT2D eigenvalue weighted by Crippen LogP contribution is 2.28. The van der Waals surface area contributed by atoms with Gasteiger partial charge in [0, 0.05) is 12.6 Å². The van der Waals surface area contributed by atoms with Crippen molar-refractivity contribution in [3.8, 4) is 5.75 Å². The molecule has 43 heavy (non-hydrogen) atoms. The quantitative estimate of drug-likeness (QED) is 0.179. The monoisotopic (exact) mass is 612 g/mol. The number of benzene rings is 2. The Morgan fingerprint density at radius 1 is 1.16 bits per heavy atom. The van der Waals surface area contributed by atoms with Gasteiger partial charge in [-0.1, -0.05) is 23.4 Å². The van der Waals surface area contributed by atoms with Crippen molar-refractivity contribution in [3.63, 3.8) is 0 Å². The van der Waals surface area contributed by atoms with Crippen LogP contribution in [0.1, 0.15) is 48.5 Å².